The second-order valence-corrected chi connectivity index (χ2v) is 5.97. The van der Waals surface area contributed by atoms with Gasteiger partial charge in [0.1, 0.15) is 0 Å². The Balaban J connectivity index is 2.25. The second-order valence-electron chi connectivity index (χ2n) is 4.74. The Bertz CT molecular complexity index is 537. The van der Waals surface area contributed by atoms with Crippen molar-refractivity contribution in [1.29, 1.82) is 0 Å². The minimum Gasteiger partial charge on any atom is -0.338 e. The van der Waals surface area contributed by atoms with Crippen LogP contribution in [0.2, 0.25) is 0 Å². The Morgan fingerprint density at radius 1 is 1.40 bits per heavy atom. The molecule has 1 saturated heterocycles. The van der Waals surface area contributed by atoms with Gasteiger partial charge < -0.3 is 10.6 Å². The van der Waals surface area contributed by atoms with Crippen molar-refractivity contribution >= 4 is 17.7 Å². The molecular weight excluding hydrogens is 268 g/mol. The Labute approximate surface area is 124 Å². The van der Waals surface area contributed by atoms with E-state index in [0.717, 1.165) is 47.7 Å². The van der Waals surface area contributed by atoms with E-state index < -0.39 is 0 Å². The zero-order valence-corrected chi connectivity index (χ0v) is 12.6. The SMILES string of the molecule is Cc1c(C#CCN)cccc1C(=O)N1CCCSCC1. The highest BCUT2D eigenvalue weighted by molar-refractivity contribution is 7.99. The van der Waals surface area contributed by atoms with E-state index in [9.17, 15) is 4.79 Å². The quantitative estimate of drug-likeness (QED) is 0.803. The standard InChI is InChI=1S/C16H20N2OS/c1-13-14(6-3-8-17)5-2-7-15(13)16(19)18-9-4-11-20-12-10-18/h2,5,7H,4,8-12,17H2,1H3. The summed E-state index contributed by atoms with van der Waals surface area (Å²) < 4.78 is 0. The molecule has 1 heterocycles. The summed E-state index contributed by atoms with van der Waals surface area (Å²) in [5.41, 5.74) is 8.02. The number of rotatable bonds is 1. The van der Waals surface area contributed by atoms with Crippen molar-refractivity contribution in [1.82, 2.24) is 4.90 Å². The summed E-state index contributed by atoms with van der Waals surface area (Å²) in [6.07, 6.45) is 1.07. The summed E-state index contributed by atoms with van der Waals surface area (Å²) in [4.78, 5) is 14.6. The topological polar surface area (TPSA) is 46.3 Å². The highest BCUT2D eigenvalue weighted by Gasteiger charge is 2.19. The van der Waals surface area contributed by atoms with E-state index >= 15 is 0 Å². The van der Waals surface area contributed by atoms with Gasteiger partial charge in [0.25, 0.3) is 5.91 Å². The molecule has 0 atom stereocenters. The Morgan fingerprint density at radius 3 is 3.05 bits per heavy atom. The first-order valence-corrected chi connectivity index (χ1v) is 8.05. The number of thioether (sulfide) groups is 1. The molecule has 0 saturated carbocycles. The van der Waals surface area contributed by atoms with Crippen molar-refractivity contribution in [2.75, 3.05) is 31.1 Å². The van der Waals surface area contributed by atoms with E-state index in [0.29, 0.717) is 6.54 Å². The average molecular weight is 288 g/mol. The van der Waals surface area contributed by atoms with E-state index in [-0.39, 0.29) is 5.91 Å². The fraction of sp³-hybridized carbons (Fsp3) is 0.438. The van der Waals surface area contributed by atoms with Gasteiger partial charge in [0.2, 0.25) is 0 Å². The molecule has 1 aliphatic rings. The Kier molecular flexibility index (Phi) is 5.51. The predicted octanol–water partition coefficient (Wildman–Crippen LogP) is 1.88. The summed E-state index contributed by atoms with van der Waals surface area (Å²) in [6, 6.07) is 5.73. The zero-order valence-electron chi connectivity index (χ0n) is 11.8. The van der Waals surface area contributed by atoms with E-state index in [4.69, 9.17) is 5.73 Å². The summed E-state index contributed by atoms with van der Waals surface area (Å²) in [5.74, 6) is 8.18. The number of carbonyl (C=O) groups is 1. The molecule has 0 unspecified atom stereocenters. The van der Waals surface area contributed by atoms with E-state index in [1.807, 2.05) is 41.8 Å². The predicted molar refractivity (Wildman–Crippen MR) is 85.0 cm³/mol. The molecule has 0 radical (unpaired) electrons. The van der Waals surface area contributed by atoms with Crippen molar-refractivity contribution in [3.63, 3.8) is 0 Å². The Hall–Kier alpha value is -1.44. The van der Waals surface area contributed by atoms with Gasteiger partial charge in [-0.1, -0.05) is 17.9 Å². The van der Waals surface area contributed by atoms with Gasteiger partial charge in [-0.25, -0.2) is 0 Å². The van der Waals surface area contributed by atoms with Crippen LogP contribution in [0.3, 0.4) is 0 Å². The lowest BCUT2D eigenvalue weighted by atomic mass is 10.0. The summed E-state index contributed by atoms with van der Waals surface area (Å²) in [7, 11) is 0. The molecule has 1 amide bonds. The van der Waals surface area contributed by atoms with Crippen LogP contribution in [-0.2, 0) is 0 Å². The summed E-state index contributed by atoms with van der Waals surface area (Å²) in [5, 5.41) is 0. The van der Waals surface area contributed by atoms with Gasteiger partial charge in [-0.15, -0.1) is 0 Å². The van der Waals surface area contributed by atoms with Gasteiger partial charge in [0.15, 0.2) is 0 Å². The van der Waals surface area contributed by atoms with Crippen LogP contribution in [0.5, 0.6) is 0 Å². The number of amides is 1. The zero-order chi connectivity index (χ0) is 14.4. The first-order valence-electron chi connectivity index (χ1n) is 6.89. The number of nitrogens with two attached hydrogens (primary N) is 1. The fourth-order valence-electron chi connectivity index (χ4n) is 2.27. The molecular formula is C16H20N2OS. The molecule has 0 aliphatic carbocycles. The lowest BCUT2D eigenvalue weighted by Gasteiger charge is -2.21. The first kappa shape index (κ1) is 15.0. The molecule has 1 fully saturated rings. The molecule has 0 bridgehead atoms. The van der Waals surface area contributed by atoms with Crippen molar-refractivity contribution < 1.29 is 4.79 Å². The van der Waals surface area contributed by atoms with Crippen molar-refractivity contribution in [3.05, 3.63) is 34.9 Å². The molecule has 1 aromatic carbocycles. The number of hydrogen-bond donors (Lipinski definition) is 1. The van der Waals surface area contributed by atoms with Crippen molar-refractivity contribution in [2.45, 2.75) is 13.3 Å². The first-order chi connectivity index (χ1) is 9.74. The average Bonchev–Trinajstić information content (AvgIpc) is 2.74. The molecule has 20 heavy (non-hydrogen) atoms. The van der Waals surface area contributed by atoms with Crippen molar-refractivity contribution in [3.8, 4) is 11.8 Å². The van der Waals surface area contributed by atoms with Gasteiger partial charge in [-0.2, -0.15) is 11.8 Å². The maximum absolute atomic E-state index is 12.6. The normalized spacial score (nSPS) is 15.2. The molecule has 1 aromatic rings. The van der Waals surface area contributed by atoms with Gasteiger partial charge in [0.05, 0.1) is 6.54 Å². The van der Waals surface area contributed by atoms with Crippen LogP contribution in [0, 0.1) is 18.8 Å². The third-order valence-electron chi connectivity index (χ3n) is 3.40. The maximum Gasteiger partial charge on any atom is 0.254 e. The molecule has 106 valence electrons. The van der Waals surface area contributed by atoms with Gasteiger partial charge in [-0.05, 0) is 36.8 Å². The number of nitrogens with zero attached hydrogens (tertiary/aromatic N) is 1. The minimum absolute atomic E-state index is 0.126. The highest BCUT2D eigenvalue weighted by Crippen LogP contribution is 2.18. The number of carbonyl (C=O) groups excluding carboxylic acids is 1. The molecule has 2 N–H and O–H groups in total. The molecule has 3 nitrogen and oxygen atoms in total. The molecule has 1 aliphatic heterocycles. The van der Waals surface area contributed by atoms with E-state index in [1.165, 1.54) is 0 Å². The highest BCUT2D eigenvalue weighted by atomic mass is 32.2. The van der Waals surface area contributed by atoms with Crippen LogP contribution in [0.25, 0.3) is 0 Å². The fourth-order valence-corrected chi connectivity index (χ4v) is 3.16. The minimum atomic E-state index is 0.126. The third-order valence-corrected chi connectivity index (χ3v) is 4.45. The van der Waals surface area contributed by atoms with Crippen molar-refractivity contribution in [2.24, 2.45) is 5.73 Å². The molecule has 4 heteroatoms. The smallest absolute Gasteiger partial charge is 0.254 e. The summed E-state index contributed by atoms with van der Waals surface area (Å²) >= 11 is 1.92. The van der Waals surface area contributed by atoms with Gasteiger partial charge in [-0.3, -0.25) is 4.79 Å². The third kappa shape index (κ3) is 3.56. The maximum atomic E-state index is 12.6. The lowest BCUT2D eigenvalue weighted by molar-refractivity contribution is 0.0768. The Morgan fingerprint density at radius 2 is 2.25 bits per heavy atom. The number of benzene rings is 1. The van der Waals surface area contributed by atoms with Gasteiger partial charge in [0, 0.05) is 30.0 Å². The van der Waals surface area contributed by atoms with E-state index in [1.54, 1.807) is 0 Å². The van der Waals surface area contributed by atoms with Crippen LogP contribution in [0.15, 0.2) is 18.2 Å². The molecule has 0 aromatic heterocycles. The second kappa shape index (κ2) is 7.37. The molecule has 2 rings (SSSR count). The van der Waals surface area contributed by atoms with Crippen LogP contribution in [0.4, 0.5) is 0 Å². The van der Waals surface area contributed by atoms with Gasteiger partial charge >= 0.3 is 0 Å². The lowest BCUT2D eigenvalue weighted by Crippen LogP contribution is -2.33. The molecule has 0 spiro atoms. The van der Waals surface area contributed by atoms with E-state index in [2.05, 4.69) is 11.8 Å². The monoisotopic (exact) mass is 288 g/mol. The van der Waals surface area contributed by atoms with Crippen LogP contribution < -0.4 is 5.73 Å². The van der Waals surface area contributed by atoms with Crippen LogP contribution in [0.1, 0.15) is 27.9 Å². The van der Waals surface area contributed by atoms with Crippen LogP contribution >= 0.6 is 11.8 Å². The summed E-state index contributed by atoms with van der Waals surface area (Å²) in [6.45, 7) is 3.98. The number of hydrogen-bond acceptors (Lipinski definition) is 3. The largest absolute Gasteiger partial charge is 0.338 e. The van der Waals surface area contributed by atoms with Crippen LogP contribution in [-0.4, -0.2) is 41.9 Å².